The molecule has 4 heteroatoms. The van der Waals surface area contributed by atoms with Crippen LogP contribution in [0.4, 0.5) is 0 Å². The van der Waals surface area contributed by atoms with E-state index in [9.17, 15) is 4.79 Å². The maximum atomic E-state index is 11.5. The van der Waals surface area contributed by atoms with E-state index in [1.807, 2.05) is 12.3 Å². The number of hydrogen-bond acceptors (Lipinski definition) is 3. The molecular weight excluding hydrogens is 226 g/mol. The summed E-state index contributed by atoms with van der Waals surface area (Å²) in [4.78, 5) is 14.1. The van der Waals surface area contributed by atoms with Crippen LogP contribution < -0.4 is 10.9 Å². The van der Waals surface area contributed by atoms with Gasteiger partial charge in [-0.25, -0.2) is 0 Å². The SMILES string of the molecule is O=c1ccccn1CCNC1CCN(C2CC2)C1. The summed E-state index contributed by atoms with van der Waals surface area (Å²) in [6.45, 7) is 4.08. The standard InChI is InChI=1S/C14H21N3O/c18-14-3-1-2-8-16(14)10-7-15-12-6-9-17(11-12)13-4-5-13/h1-3,8,12-13,15H,4-7,9-11H2. The van der Waals surface area contributed by atoms with Crippen LogP contribution in [0.25, 0.3) is 0 Å². The molecule has 0 spiro atoms. The molecule has 0 aromatic carbocycles. The van der Waals surface area contributed by atoms with Crippen LogP contribution in [-0.2, 0) is 6.54 Å². The van der Waals surface area contributed by atoms with Crippen LogP contribution in [0.1, 0.15) is 19.3 Å². The lowest BCUT2D eigenvalue weighted by Gasteiger charge is -2.16. The molecule has 1 atom stereocenters. The van der Waals surface area contributed by atoms with Crippen LogP contribution in [0.5, 0.6) is 0 Å². The second-order valence-corrected chi connectivity index (χ2v) is 5.40. The summed E-state index contributed by atoms with van der Waals surface area (Å²) in [6, 6.07) is 6.81. The fourth-order valence-electron chi connectivity index (χ4n) is 2.76. The zero-order valence-corrected chi connectivity index (χ0v) is 10.7. The minimum atomic E-state index is 0.0883. The molecule has 1 aliphatic heterocycles. The Morgan fingerprint density at radius 1 is 1.28 bits per heavy atom. The van der Waals surface area contributed by atoms with Gasteiger partial charge in [0.2, 0.25) is 0 Å². The summed E-state index contributed by atoms with van der Waals surface area (Å²) in [6.07, 6.45) is 5.90. The Labute approximate surface area is 108 Å². The lowest BCUT2D eigenvalue weighted by atomic mass is 10.2. The lowest BCUT2D eigenvalue weighted by molar-refractivity contribution is 0.317. The number of aromatic nitrogens is 1. The van der Waals surface area contributed by atoms with E-state index in [-0.39, 0.29) is 5.56 Å². The highest BCUT2D eigenvalue weighted by atomic mass is 16.1. The van der Waals surface area contributed by atoms with Crippen LogP contribution in [0, 0.1) is 0 Å². The average Bonchev–Trinajstić information content (AvgIpc) is 3.12. The van der Waals surface area contributed by atoms with Crippen LogP contribution in [0.2, 0.25) is 0 Å². The number of likely N-dealkylation sites (tertiary alicyclic amines) is 1. The van der Waals surface area contributed by atoms with Crippen molar-refractivity contribution in [2.45, 2.75) is 37.9 Å². The van der Waals surface area contributed by atoms with Crippen LogP contribution >= 0.6 is 0 Å². The third-order valence-electron chi connectivity index (χ3n) is 3.97. The highest BCUT2D eigenvalue weighted by molar-refractivity contribution is 4.94. The van der Waals surface area contributed by atoms with Gasteiger partial charge in [0.05, 0.1) is 0 Å². The molecule has 2 fully saturated rings. The van der Waals surface area contributed by atoms with E-state index in [1.54, 1.807) is 16.7 Å². The molecule has 0 radical (unpaired) electrons. The minimum absolute atomic E-state index is 0.0883. The van der Waals surface area contributed by atoms with Gasteiger partial charge in [0.25, 0.3) is 5.56 Å². The van der Waals surface area contributed by atoms with E-state index < -0.39 is 0 Å². The molecule has 3 rings (SSSR count). The van der Waals surface area contributed by atoms with Crippen molar-refractivity contribution in [1.29, 1.82) is 0 Å². The fourth-order valence-corrected chi connectivity index (χ4v) is 2.76. The van der Waals surface area contributed by atoms with Gasteiger partial charge in [-0.2, -0.15) is 0 Å². The summed E-state index contributed by atoms with van der Waals surface area (Å²) in [7, 11) is 0. The van der Waals surface area contributed by atoms with Crippen molar-refractivity contribution in [2.24, 2.45) is 0 Å². The molecule has 0 amide bonds. The molecule has 1 unspecified atom stereocenters. The number of pyridine rings is 1. The topological polar surface area (TPSA) is 37.3 Å². The maximum absolute atomic E-state index is 11.5. The van der Waals surface area contributed by atoms with E-state index in [0.29, 0.717) is 6.04 Å². The van der Waals surface area contributed by atoms with Crippen molar-refractivity contribution in [3.05, 3.63) is 34.7 Å². The molecule has 1 aromatic heterocycles. The first kappa shape index (κ1) is 11.9. The minimum Gasteiger partial charge on any atom is -0.314 e. The zero-order chi connectivity index (χ0) is 12.4. The lowest BCUT2D eigenvalue weighted by Crippen LogP contribution is -2.36. The maximum Gasteiger partial charge on any atom is 0.250 e. The van der Waals surface area contributed by atoms with Gasteiger partial charge in [-0.15, -0.1) is 0 Å². The number of nitrogens with one attached hydrogen (secondary N) is 1. The van der Waals surface area contributed by atoms with Gasteiger partial charge < -0.3 is 9.88 Å². The highest BCUT2D eigenvalue weighted by Gasteiger charge is 2.33. The predicted molar refractivity (Wildman–Crippen MR) is 71.7 cm³/mol. The first-order valence-corrected chi connectivity index (χ1v) is 6.96. The molecule has 98 valence electrons. The molecule has 2 aliphatic rings. The van der Waals surface area contributed by atoms with Gasteiger partial charge in [0.15, 0.2) is 0 Å². The van der Waals surface area contributed by atoms with Gasteiger partial charge in [-0.3, -0.25) is 9.69 Å². The molecule has 1 N–H and O–H groups in total. The summed E-state index contributed by atoms with van der Waals surface area (Å²) in [5.74, 6) is 0. The van der Waals surface area contributed by atoms with Gasteiger partial charge in [-0.1, -0.05) is 6.07 Å². The Balaban J connectivity index is 1.42. The van der Waals surface area contributed by atoms with E-state index in [4.69, 9.17) is 0 Å². The van der Waals surface area contributed by atoms with E-state index in [0.717, 1.165) is 19.1 Å². The Kier molecular flexibility index (Phi) is 3.48. The smallest absolute Gasteiger partial charge is 0.250 e. The first-order valence-electron chi connectivity index (χ1n) is 6.96. The molecule has 2 heterocycles. The van der Waals surface area contributed by atoms with Crippen LogP contribution in [0.3, 0.4) is 0 Å². The van der Waals surface area contributed by atoms with Crippen molar-refractivity contribution >= 4 is 0 Å². The van der Waals surface area contributed by atoms with E-state index in [1.165, 1.54) is 32.4 Å². The summed E-state index contributed by atoms with van der Waals surface area (Å²) in [5, 5.41) is 3.57. The Hall–Kier alpha value is -1.13. The number of nitrogens with zero attached hydrogens (tertiary/aromatic N) is 2. The fraction of sp³-hybridized carbons (Fsp3) is 0.643. The highest BCUT2D eigenvalue weighted by Crippen LogP contribution is 2.29. The van der Waals surface area contributed by atoms with Crippen molar-refractivity contribution in [1.82, 2.24) is 14.8 Å². The molecule has 4 nitrogen and oxygen atoms in total. The molecular formula is C14H21N3O. The molecule has 18 heavy (non-hydrogen) atoms. The van der Waals surface area contributed by atoms with Crippen LogP contribution in [-0.4, -0.2) is 41.2 Å². The molecule has 1 saturated carbocycles. The zero-order valence-electron chi connectivity index (χ0n) is 10.7. The largest absolute Gasteiger partial charge is 0.314 e. The van der Waals surface area contributed by atoms with Crippen molar-refractivity contribution in [2.75, 3.05) is 19.6 Å². The Bertz CT molecular complexity index is 452. The van der Waals surface area contributed by atoms with Crippen LogP contribution in [0.15, 0.2) is 29.2 Å². The number of rotatable bonds is 5. The van der Waals surface area contributed by atoms with Gasteiger partial charge >= 0.3 is 0 Å². The van der Waals surface area contributed by atoms with Gasteiger partial charge in [0.1, 0.15) is 0 Å². The summed E-state index contributed by atoms with van der Waals surface area (Å²) in [5.41, 5.74) is 0.0883. The van der Waals surface area contributed by atoms with Gasteiger partial charge in [0, 0.05) is 50.5 Å². The van der Waals surface area contributed by atoms with Crippen molar-refractivity contribution in [3.8, 4) is 0 Å². The van der Waals surface area contributed by atoms with Gasteiger partial charge in [-0.05, 0) is 25.3 Å². The average molecular weight is 247 g/mol. The van der Waals surface area contributed by atoms with E-state index in [2.05, 4.69) is 10.2 Å². The number of hydrogen-bond donors (Lipinski definition) is 1. The molecule has 1 saturated heterocycles. The Morgan fingerprint density at radius 2 is 2.17 bits per heavy atom. The second kappa shape index (κ2) is 5.24. The monoisotopic (exact) mass is 247 g/mol. The summed E-state index contributed by atoms with van der Waals surface area (Å²) < 4.78 is 1.76. The second-order valence-electron chi connectivity index (χ2n) is 5.40. The first-order chi connectivity index (χ1) is 8.83. The van der Waals surface area contributed by atoms with E-state index >= 15 is 0 Å². The third-order valence-corrected chi connectivity index (χ3v) is 3.97. The molecule has 1 aliphatic carbocycles. The predicted octanol–water partition coefficient (Wildman–Crippen LogP) is 0.675. The van der Waals surface area contributed by atoms with Crippen molar-refractivity contribution in [3.63, 3.8) is 0 Å². The third kappa shape index (κ3) is 2.82. The molecule has 1 aromatic rings. The molecule has 0 bridgehead atoms. The quantitative estimate of drug-likeness (QED) is 0.831. The summed E-state index contributed by atoms with van der Waals surface area (Å²) >= 11 is 0. The van der Waals surface area contributed by atoms with Crippen molar-refractivity contribution < 1.29 is 0 Å². The Morgan fingerprint density at radius 3 is 2.94 bits per heavy atom. The normalized spacial score (nSPS) is 24.6.